The van der Waals surface area contributed by atoms with E-state index < -0.39 is 0 Å². The lowest BCUT2D eigenvalue weighted by molar-refractivity contribution is 0.728. The molecule has 4 bridgehead atoms. The molecule has 80 valence electrons. The fraction of sp³-hybridized carbons (Fsp3) is 0.188. The molecule has 0 radical (unpaired) electrons. The number of allylic oxidation sites excluding steroid dienone is 2. The summed E-state index contributed by atoms with van der Waals surface area (Å²) in [4.78, 5) is 4.54. The zero-order valence-corrected chi connectivity index (χ0v) is 9.40. The molecule has 0 saturated heterocycles. The first-order valence-corrected chi connectivity index (χ1v) is 6.18. The quantitative estimate of drug-likeness (QED) is 0.527. The number of fused-ring (bicyclic) bond motifs is 9. The van der Waals surface area contributed by atoms with Crippen molar-refractivity contribution in [3.05, 3.63) is 64.9 Å². The van der Waals surface area contributed by atoms with Crippen LogP contribution in [0.4, 0.5) is 0 Å². The molecule has 1 spiro atoms. The number of hydrogen-bond donors (Lipinski definition) is 0. The lowest BCUT2D eigenvalue weighted by Gasteiger charge is -2.17. The molecular formula is C16H11N. The fourth-order valence-electron chi connectivity index (χ4n) is 3.44. The molecule has 1 aromatic heterocycles. The summed E-state index contributed by atoms with van der Waals surface area (Å²) >= 11 is 0. The van der Waals surface area contributed by atoms with Gasteiger partial charge in [0.2, 0.25) is 0 Å². The smallest absolute Gasteiger partial charge is 0.0708 e. The minimum atomic E-state index is 0.322. The Morgan fingerprint density at radius 1 is 1.12 bits per heavy atom. The second-order valence-corrected chi connectivity index (χ2v) is 5.37. The Morgan fingerprint density at radius 3 is 2.88 bits per heavy atom. The van der Waals surface area contributed by atoms with Crippen LogP contribution in [0.25, 0.3) is 11.3 Å². The van der Waals surface area contributed by atoms with Gasteiger partial charge in [-0.3, -0.25) is 4.98 Å². The molecule has 0 fully saturated rings. The molecule has 1 heteroatoms. The number of hydrogen-bond acceptors (Lipinski definition) is 1. The number of pyridine rings is 1. The van der Waals surface area contributed by atoms with Crippen LogP contribution < -0.4 is 0 Å². The number of nitrogens with zero attached hydrogens (tertiary/aromatic N) is 1. The van der Waals surface area contributed by atoms with Crippen LogP contribution in [-0.2, 0) is 11.8 Å². The highest BCUT2D eigenvalue weighted by Gasteiger charge is 2.53. The standard InChI is InChI=1S/C16H11N/c1-3-16(4-1)13-8-11-6-10-2-5-17-14(9-10)12(7-11)15(13)16/h1-3,5,7-9H,4,6H2. The summed E-state index contributed by atoms with van der Waals surface area (Å²) in [6.45, 7) is 0. The van der Waals surface area contributed by atoms with Gasteiger partial charge in [0.1, 0.15) is 0 Å². The molecule has 1 atom stereocenters. The van der Waals surface area contributed by atoms with Gasteiger partial charge >= 0.3 is 0 Å². The van der Waals surface area contributed by atoms with Gasteiger partial charge in [0.15, 0.2) is 0 Å². The first-order valence-electron chi connectivity index (χ1n) is 6.18. The van der Waals surface area contributed by atoms with Crippen LogP contribution in [0, 0.1) is 0 Å². The van der Waals surface area contributed by atoms with E-state index in [1.54, 1.807) is 5.56 Å². The fourth-order valence-corrected chi connectivity index (χ4v) is 3.44. The molecule has 2 aromatic rings. The Kier molecular flexibility index (Phi) is 1.14. The van der Waals surface area contributed by atoms with Crippen molar-refractivity contribution >= 4 is 0 Å². The predicted octanol–water partition coefficient (Wildman–Crippen LogP) is 3.21. The first kappa shape index (κ1) is 8.24. The van der Waals surface area contributed by atoms with Gasteiger partial charge in [0, 0.05) is 17.2 Å². The predicted molar refractivity (Wildman–Crippen MR) is 67.0 cm³/mol. The van der Waals surface area contributed by atoms with Crippen molar-refractivity contribution in [1.82, 2.24) is 4.98 Å². The van der Waals surface area contributed by atoms with Crippen molar-refractivity contribution in [3.63, 3.8) is 0 Å². The Hall–Kier alpha value is -1.89. The molecule has 3 aliphatic rings. The van der Waals surface area contributed by atoms with Gasteiger partial charge in [-0.15, -0.1) is 0 Å². The molecule has 1 aromatic carbocycles. The summed E-state index contributed by atoms with van der Waals surface area (Å²) in [7, 11) is 0. The minimum absolute atomic E-state index is 0.322. The number of aromatic nitrogens is 1. The van der Waals surface area contributed by atoms with E-state index in [0.29, 0.717) is 5.41 Å². The zero-order chi connectivity index (χ0) is 11.0. The average molecular weight is 217 g/mol. The van der Waals surface area contributed by atoms with E-state index in [0.717, 1.165) is 12.1 Å². The van der Waals surface area contributed by atoms with E-state index >= 15 is 0 Å². The van der Waals surface area contributed by atoms with Crippen molar-refractivity contribution in [1.29, 1.82) is 0 Å². The normalized spacial score (nSPS) is 25.2. The van der Waals surface area contributed by atoms with Crippen LogP contribution in [0.1, 0.15) is 28.7 Å². The van der Waals surface area contributed by atoms with E-state index in [2.05, 4.69) is 41.4 Å². The molecule has 0 amide bonds. The average Bonchev–Trinajstić information content (AvgIpc) is 2.97. The summed E-state index contributed by atoms with van der Waals surface area (Å²) in [6.07, 6.45) is 8.82. The molecule has 0 saturated carbocycles. The highest BCUT2D eigenvalue weighted by molar-refractivity contribution is 5.83. The van der Waals surface area contributed by atoms with Gasteiger partial charge in [-0.1, -0.05) is 18.2 Å². The molecule has 1 unspecified atom stereocenters. The van der Waals surface area contributed by atoms with Gasteiger partial charge in [-0.2, -0.15) is 0 Å². The molecule has 0 aliphatic heterocycles. The third-order valence-corrected chi connectivity index (χ3v) is 4.41. The van der Waals surface area contributed by atoms with E-state index in [9.17, 15) is 0 Å². The van der Waals surface area contributed by atoms with Crippen molar-refractivity contribution in [3.8, 4) is 11.3 Å². The van der Waals surface area contributed by atoms with Crippen molar-refractivity contribution in [2.24, 2.45) is 0 Å². The highest BCUT2D eigenvalue weighted by atomic mass is 14.7. The second kappa shape index (κ2) is 2.35. The van der Waals surface area contributed by atoms with Crippen LogP contribution in [-0.4, -0.2) is 4.98 Å². The van der Waals surface area contributed by atoms with Crippen LogP contribution in [0.2, 0.25) is 0 Å². The highest BCUT2D eigenvalue weighted by Crippen LogP contribution is 2.62. The molecule has 3 aliphatic carbocycles. The van der Waals surface area contributed by atoms with Gasteiger partial charge in [0.05, 0.1) is 5.69 Å². The number of benzene rings is 1. The third-order valence-electron chi connectivity index (χ3n) is 4.41. The van der Waals surface area contributed by atoms with Gasteiger partial charge in [-0.25, -0.2) is 0 Å². The lowest BCUT2D eigenvalue weighted by atomic mass is 9.86. The van der Waals surface area contributed by atoms with Crippen LogP contribution >= 0.6 is 0 Å². The molecule has 17 heavy (non-hydrogen) atoms. The maximum absolute atomic E-state index is 4.54. The summed E-state index contributed by atoms with van der Waals surface area (Å²) in [6, 6.07) is 9.11. The maximum atomic E-state index is 4.54. The first-order chi connectivity index (χ1) is 8.37. The van der Waals surface area contributed by atoms with Gasteiger partial charge in [-0.05, 0) is 53.3 Å². The van der Waals surface area contributed by atoms with Crippen LogP contribution in [0.15, 0.2) is 42.6 Å². The largest absolute Gasteiger partial charge is 0.256 e. The second-order valence-electron chi connectivity index (χ2n) is 5.37. The van der Waals surface area contributed by atoms with Gasteiger partial charge < -0.3 is 0 Å². The van der Waals surface area contributed by atoms with Crippen molar-refractivity contribution in [2.75, 3.05) is 0 Å². The molecule has 0 N–H and O–H groups in total. The van der Waals surface area contributed by atoms with E-state index in [1.165, 1.54) is 28.7 Å². The molecule has 5 rings (SSSR count). The Morgan fingerprint density at radius 2 is 2.06 bits per heavy atom. The SMILES string of the molecule is C1=CC2(C1)c1cc3cc(c12)-c1cc(ccn1)C3. The monoisotopic (exact) mass is 217 g/mol. The van der Waals surface area contributed by atoms with E-state index in [4.69, 9.17) is 0 Å². The number of rotatable bonds is 0. The third kappa shape index (κ3) is 0.824. The van der Waals surface area contributed by atoms with Crippen molar-refractivity contribution < 1.29 is 0 Å². The zero-order valence-electron chi connectivity index (χ0n) is 9.40. The van der Waals surface area contributed by atoms with Crippen LogP contribution in [0.3, 0.4) is 0 Å². The van der Waals surface area contributed by atoms with Crippen LogP contribution in [0.5, 0.6) is 0 Å². The minimum Gasteiger partial charge on any atom is -0.256 e. The molecular weight excluding hydrogens is 206 g/mol. The lowest BCUT2D eigenvalue weighted by Crippen LogP contribution is -2.10. The Labute approximate surface area is 99.8 Å². The topological polar surface area (TPSA) is 12.9 Å². The summed E-state index contributed by atoms with van der Waals surface area (Å²) in [5, 5.41) is 0. The molecule has 1 nitrogen and oxygen atoms in total. The van der Waals surface area contributed by atoms with E-state index in [1.807, 2.05) is 6.20 Å². The van der Waals surface area contributed by atoms with Gasteiger partial charge in [0.25, 0.3) is 0 Å². The van der Waals surface area contributed by atoms with E-state index in [-0.39, 0.29) is 0 Å². The summed E-state index contributed by atoms with van der Waals surface area (Å²) in [5.41, 5.74) is 8.78. The van der Waals surface area contributed by atoms with Crippen molar-refractivity contribution in [2.45, 2.75) is 18.3 Å². The summed E-state index contributed by atoms with van der Waals surface area (Å²) in [5.74, 6) is 0. The molecule has 1 heterocycles. The maximum Gasteiger partial charge on any atom is 0.0708 e. The Balaban J connectivity index is 1.87. The summed E-state index contributed by atoms with van der Waals surface area (Å²) < 4.78 is 0. The Bertz CT molecular complexity index is 711.